The van der Waals surface area contributed by atoms with Crippen molar-refractivity contribution < 1.29 is 9.59 Å². The lowest BCUT2D eigenvalue weighted by Gasteiger charge is -2.18. The maximum Gasteiger partial charge on any atom is 0.253 e. The van der Waals surface area contributed by atoms with Crippen molar-refractivity contribution in [1.82, 2.24) is 10.2 Å². The predicted molar refractivity (Wildman–Crippen MR) is 88.5 cm³/mol. The van der Waals surface area contributed by atoms with E-state index in [1.165, 1.54) is 0 Å². The molecule has 1 aliphatic rings. The maximum atomic E-state index is 12.3. The Labute approximate surface area is 135 Å². The first-order chi connectivity index (χ1) is 9.61. The zero-order valence-electron chi connectivity index (χ0n) is 12.1. The van der Waals surface area contributed by atoms with Gasteiger partial charge in [-0.15, -0.1) is 24.2 Å². The van der Waals surface area contributed by atoms with Crippen molar-refractivity contribution in [3.63, 3.8) is 0 Å². The van der Waals surface area contributed by atoms with Gasteiger partial charge in [-0.05, 0) is 25.2 Å². The Balaban J connectivity index is 0.00000220. The van der Waals surface area contributed by atoms with Gasteiger partial charge >= 0.3 is 0 Å². The quantitative estimate of drug-likeness (QED) is 0.884. The summed E-state index contributed by atoms with van der Waals surface area (Å²) in [6.45, 7) is 1.40. The number of benzene rings is 1. The molecule has 7 heteroatoms. The van der Waals surface area contributed by atoms with Crippen LogP contribution in [0.2, 0.25) is 0 Å². The minimum atomic E-state index is -0.0356. The van der Waals surface area contributed by atoms with Crippen molar-refractivity contribution in [1.29, 1.82) is 0 Å². The third-order valence-electron chi connectivity index (χ3n) is 3.13. The average Bonchev–Trinajstić information content (AvgIpc) is 2.63. The highest BCUT2D eigenvalue weighted by molar-refractivity contribution is 7.99. The van der Waals surface area contributed by atoms with Gasteiger partial charge < -0.3 is 15.5 Å². The maximum absolute atomic E-state index is 12.3. The number of hydrogen-bond acceptors (Lipinski definition) is 4. The Morgan fingerprint density at radius 2 is 2.24 bits per heavy atom. The third kappa shape index (κ3) is 4.62. The SMILES string of the molecule is CNCCN(C)C(=O)c1ccc2c(c1)NC(=O)CCS2.Cl. The second-order valence-electron chi connectivity index (χ2n) is 4.69. The van der Waals surface area contributed by atoms with Gasteiger partial charge in [0.2, 0.25) is 5.91 Å². The lowest BCUT2D eigenvalue weighted by atomic mass is 10.1. The standard InChI is InChI=1S/C14H19N3O2S.ClH/c1-15-6-7-17(2)14(19)10-3-4-12-11(9-10)16-13(18)5-8-20-12;/h3-4,9,15H,5-8H2,1-2H3,(H,16,18);1H. The number of likely N-dealkylation sites (N-methyl/N-ethyl adjacent to an activating group) is 2. The van der Waals surface area contributed by atoms with Gasteiger partial charge in [0.25, 0.3) is 5.91 Å². The molecule has 116 valence electrons. The van der Waals surface area contributed by atoms with Crippen molar-refractivity contribution in [3.05, 3.63) is 23.8 Å². The van der Waals surface area contributed by atoms with Crippen LogP contribution in [-0.2, 0) is 4.79 Å². The summed E-state index contributed by atoms with van der Waals surface area (Å²) in [5.74, 6) is 0.740. The van der Waals surface area contributed by atoms with Crippen LogP contribution in [0.25, 0.3) is 0 Å². The number of halogens is 1. The summed E-state index contributed by atoms with van der Waals surface area (Å²) in [6, 6.07) is 5.50. The molecule has 1 aliphatic heterocycles. The predicted octanol–water partition coefficient (Wildman–Crippen LogP) is 1.83. The van der Waals surface area contributed by atoms with Crippen molar-refractivity contribution in [2.75, 3.05) is 38.3 Å². The van der Waals surface area contributed by atoms with Crippen LogP contribution < -0.4 is 10.6 Å². The lowest BCUT2D eigenvalue weighted by molar-refractivity contribution is -0.115. The molecule has 0 bridgehead atoms. The van der Waals surface area contributed by atoms with Gasteiger partial charge in [-0.3, -0.25) is 9.59 Å². The zero-order chi connectivity index (χ0) is 14.5. The van der Waals surface area contributed by atoms with Crippen LogP contribution >= 0.6 is 24.2 Å². The Kier molecular flexibility index (Phi) is 7.01. The summed E-state index contributed by atoms with van der Waals surface area (Å²) in [5.41, 5.74) is 1.34. The van der Waals surface area contributed by atoms with Crippen molar-refractivity contribution in [2.24, 2.45) is 0 Å². The number of hydrogen-bond donors (Lipinski definition) is 2. The molecule has 1 aromatic rings. The third-order valence-corrected chi connectivity index (χ3v) is 4.21. The van der Waals surface area contributed by atoms with E-state index < -0.39 is 0 Å². The second kappa shape index (κ2) is 8.26. The molecule has 0 spiro atoms. The molecule has 0 saturated carbocycles. The van der Waals surface area contributed by atoms with E-state index in [4.69, 9.17) is 0 Å². The molecule has 0 aromatic heterocycles. The fraction of sp³-hybridized carbons (Fsp3) is 0.429. The molecule has 0 atom stereocenters. The molecule has 0 unspecified atom stereocenters. The molecule has 0 radical (unpaired) electrons. The summed E-state index contributed by atoms with van der Waals surface area (Å²) in [7, 11) is 3.63. The summed E-state index contributed by atoms with van der Waals surface area (Å²) in [5, 5.41) is 5.87. The van der Waals surface area contributed by atoms with E-state index in [2.05, 4.69) is 10.6 Å². The van der Waals surface area contributed by atoms with Gasteiger partial charge in [0, 0.05) is 42.8 Å². The average molecular weight is 330 g/mol. The van der Waals surface area contributed by atoms with Crippen LogP contribution in [0.3, 0.4) is 0 Å². The zero-order valence-corrected chi connectivity index (χ0v) is 13.8. The molecule has 5 nitrogen and oxygen atoms in total. The van der Waals surface area contributed by atoms with Gasteiger partial charge in [-0.2, -0.15) is 0 Å². The van der Waals surface area contributed by atoms with Gasteiger partial charge in [0.1, 0.15) is 0 Å². The van der Waals surface area contributed by atoms with Crippen LogP contribution in [-0.4, -0.2) is 49.7 Å². The summed E-state index contributed by atoms with van der Waals surface area (Å²) in [6.07, 6.45) is 0.505. The van der Waals surface area contributed by atoms with Crippen LogP contribution in [0.4, 0.5) is 5.69 Å². The largest absolute Gasteiger partial charge is 0.340 e. The number of thioether (sulfide) groups is 1. The molecule has 2 amide bonds. The fourth-order valence-corrected chi connectivity index (χ4v) is 2.89. The summed E-state index contributed by atoms with van der Waals surface area (Å²) < 4.78 is 0. The van der Waals surface area contributed by atoms with E-state index in [1.807, 2.05) is 19.2 Å². The Morgan fingerprint density at radius 1 is 1.48 bits per heavy atom. The van der Waals surface area contributed by atoms with Crippen molar-refractivity contribution >= 4 is 41.7 Å². The van der Waals surface area contributed by atoms with E-state index in [0.717, 1.165) is 22.9 Å². The monoisotopic (exact) mass is 329 g/mol. The van der Waals surface area contributed by atoms with Crippen LogP contribution in [0.15, 0.2) is 23.1 Å². The number of amides is 2. The highest BCUT2D eigenvalue weighted by atomic mass is 35.5. The minimum Gasteiger partial charge on any atom is -0.340 e. The van der Waals surface area contributed by atoms with Gasteiger partial charge in [0.15, 0.2) is 0 Å². The van der Waals surface area contributed by atoms with E-state index in [9.17, 15) is 9.59 Å². The molecule has 0 aliphatic carbocycles. The van der Waals surface area contributed by atoms with Crippen molar-refractivity contribution in [2.45, 2.75) is 11.3 Å². The second-order valence-corrected chi connectivity index (χ2v) is 5.82. The Hall–Kier alpha value is -1.24. The number of nitrogens with one attached hydrogen (secondary N) is 2. The molecule has 1 aromatic carbocycles. The number of fused-ring (bicyclic) bond motifs is 1. The molecular formula is C14H20ClN3O2S. The first-order valence-electron chi connectivity index (χ1n) is 6.58. The first kappa shape index (κ1) is 17.8. The fourth-order valence-electron chi connectivity index (χ4n) is 1.95. The van der Waals surface area contributed by atoms with Gasteiger partial charge in [0.05, 0.1) is 5.69 Å². The number of anilines is 1. The summed E-state index contributed by atoms with van der Waals surface area (Å²) >= 11 is 1.64. The molecule has 0 fully saturated rings. The molecule has 21 heavy (non-hydrogen) atoms. The van der Waals surface area contributed by atoms with E-state index >= 15 is 0 Å². The molecule has 2 N–H and O–H groups in total. The smallest absolute Gasteiger partial charge is 0.253 e. The number of carbonyl (C=O) groups is 2. The number of nitrogens with zero attached hydrogens (tertiary/aromatic N) is 1. The lowest BCUT2D eigenvalue weighted by Crippen LogP contribution is -2.32. The molecule has 0 saturated heterocycles. The minimum absolute atomic E-state index is 0. The Morgan fingerprint density at radius 3 is 2.95 bits per heavy atom. The van der Waals surface area contributed by atoms with Gasteiger partial charge in [-0.1, -0.05) is 0 Å². The normalized spacial score (nSPS) is 13.5. The molecule has 1 heterocycles. The van der Waals surface area contributed by atoms with Gasteiger partial charge in [-0.25, -0.2) is 0 Å². The number of rotatable bonds is 4. The molecule has 2 rings (SSSR count). The van der Waals surface area contributed by atoms with Crippen LogP contribution in [0, 0.1) is 0 Å². The topological polar surface area (TPSA) is 61.4 Å². The highest BCUT2D eigenvalue weighted by Crippen LogP contribution is 2.31. The van der Waals surface area contributed by atoms with Crippen LogP contribution in [0.1, 0.15) is 16.8 Å². The summed E-state index contributed by atoms with van der Waals surface area (Å²) in [4.78, 5) is 26.5. The number of carbonyl (C=O) groups excluding carboxylic acids is 2. The highest BCUT2D eigenvalue weighted by Gasteiger charge is 2.17. The van der Waals surface area contributed by atoms with E-state index in [-0.39, 0.29) is 24.2 Å². The Bertz CT molecular complexity index is 525. The molecular weight excluding hydrogens is 310 g/mol. The van der Waals surface area contributed by atoms with E-state index in [0.29, 0.717) is 18.5 Å². The van der Waals surface area contributed by atoms with Crippen LogP contribution in [0.5, 0.6) is 0 Å². The first-order valence-corrected chi connectivity index (χ1v) is 7.57. The van der Waals surface area contributed by atoms with E-state index in [1.54, 1.807) is 29.8 Å². The van der Waals surface area contributed by atoms with Crippen molar-refractivity contribution in [3.8, 4) is 0 Å².